The number of amides is 1. The van der Waals surface area contributed by atoms with Crippen molar-refractivity contribution in [3.05, 3.63) is 23.8 Å². The van der Waals surface area contributed by atoms with Gasteiger partial charge in [0, 0.05) is 14.1 Å². The summed E-state index contributed by atoms with van der Waals surface area (Å²) in [6.07, 6.45) is 0. The minimum absolute atomic E-state index is 0.0408. The number of methoxy groups -OCH3 is 1. The molecule has 1 amide bonds. The lowest BCUT2D eigenvalue weighted by Gasteiger charge is -2.14. The Balaban J connectivity index is 2.98. The molecule has 1 N–H and O–H groups in total. The first-order valence-electron chi connectivity index (χ1n) is 5.20. The summed E-state index contributed by atoms with van der Waals surface area (Å²) in [6.45, 7) is -0.242. The Labute approximate surface area is 105 Å². The lowest BCUT2D eigenvalue weighted by atomic mass is 10.2. The average Bonchev–Trinajstić information content (AvgIpc) is 2.34. The lowest BCUT2D eigenvalue weighted by Crippen LogP contribution is -2.28. The number of rotatable bonds is 5. The maximum atomic E-state index is 11.4. The number of likely N-dealkylation sites (N-methyl/N-ethyl adjacent to an activating group) is 1. The second-order valence-corrected chi connectivity index (χ2v) is 3.72. The van der Waals surface area contributed by atoms with E-state index in [-0.39, 0.29) is 29.6 Å². The summed E-state index contributed by atoms with van der Waals surface area (Å²) >= 11 is 0. The number of nitrogens with zero attached hydrogens (tertiary/aromatic N) is 1. The maximum Gasteiger partial charge on any atom is 0.339 e. The summed E-state index contributed by atoms with van der Waals surface area (Å²) in [7, 11) is 4.58. The Hall–Kier alpha value is -2.24. The number of benzene rings is 1. The lowest BCUT2D eigenvalue weighted by molar-refractivity contribution is -0.130. The molecule has 0 heterocycles. The average molecular weight is 253 g/mol. The molecule has 0 saturated carbocycles. The van der Waals surface area contributed by atoms with E-state index in [1.165, 1.54) is 18.1 Å². The van der Waals surface area contributed by atoms with E-state index in [0.29, 0.717) is 0 Å². The first-order chi connectivity index (χ1) is 8.47. The van der Waals surface area contributed by atoms with Crippen LogP contribution in [0.15, 0.2) is 18.2 Å². The van der Waals surface area contributed by atoms with Crippen molar-refractivity contribution in [1.82, 2.24) is 4.90 Å². The Morgan fingerprint density at radius 1 is 1.33 bits per heavy atom. The molecule has 0 aliphatic carbocycles. The molecule has 0 radical (unpaired) electrons. The second-order valence-electron chi connectivity index (χ2n) is 3.72. The largest absolute Gasteiger partial charge is 0.493 e. The fourth-order valence-corrected chi connectivity index (χ4v) is 1.26. The van der Waals surface area contributed by atoms with Crippen molar-refractivity contribution in [1.29, 1.82) is 0 Å². The van der Waals surface area contributed by atoms with Gasteiger partial charge in [-0.05, 0) is 12.1 Å². The molecule has 0 unspecified atom stereocenters. The monoisotopic (exact) mass is 253 g/mol. The highest BCUT2D eigenvalue weighted by atomic mass is 16.5. The van der Waals surface area contributed by atoms with Gasteiger partial charge in [-0.15, -0.1) is 0 Å². The zero-order valence-corrected chi connectivity index (χ0v) is 10.5. The summed E-state index contributed by atoms with van der Waals surface area (Å²) in [4.78, 5) is 23.8. The van der Waals surface area contributed by atoms with E-state index in [1.54, 1.807) is 26.2 Å². The number of hydrogen-bond donors (Lipinski definition) is 1. The molecule has 1 aromatic rings. The maximum absolute atomic E-state index is 11.4. The third-order valence-corrected chi connectivity index (χ3v) is 2.27. The van der Waals surface area contributed by atoms with Crippen LogP contribution in [-0.4, -0.2) is 49.7 Å². The molecule has 0 saturated heterocycles. The molecule has 0 fully saturated rings. The van der Waals surface area contributed by atoms with Gasteiger partial charge in [-0.3, -0.25) is 4.79 Å². The number of ether oxygens (including phenoxy) is 2. The molecule has 0 aliphatic rings. The van der Waals surface area contributed by atoms with Crippen molar-refractivity contribution in [2.75, 3.05) is 27.8 Å². The third kappa shape index (κ3) is 3.13. The van der Waals surface area contributed by atoms with Crippen LogP contribution in [0.3, 0.4) is 0 Å². The first kappa shape index (κ1) is 13.8. The Morgan fingerprint density at radius 2 is 2.00 bits per heavy atom. The third-order valence-electron chi connectivity index (χ3n) is 2.27. The van der Waals surface area contributed by atoms with E-state index in [1.807, 2.05) is 0 Å². The van der Waals surface area contributed by atoms with Crippen molar-refractivity contribution in [2.45, 2.75) is 0 Å². The summed E-state index contributed by atoms with van der Waals surface area (Å²) in [5, 5.41) is 9.03. The fraction of sp³-hybridized carbons (Fsp3) is 0.333. The topological polar surface area (TPSA) is 76.1 Å². The standard InChI is InChI=1S/C12H15NO5/c1-13(2)10(14)7-18-11-8(12(15)16)5-4-6-9(11)17-3/h4-6H,7H2,1-3H3,(H,15,16). The molecule has 0 bridgehead atoms. The van der Waals surface area contributed by atoms with E-state index < -0.39 is 5.97 Å². The van der Waals surface area contributed by atoms with Crippen LogP contribution >= 0.6 is 0 Å². The molecular weight excluding hydrogens is 238 g/mol. The van der Waals surface area contributed by atoms with Crippen molar-refractivity contribution in [2.24, 2.45) is 0 Å². The van der Waals surface area contributed by atoms with Crippen molar-refractivity contribution < 1.29 is 24.2 Å². The van der Waals surface area contributed by atoms with Crippen LogP contribution in [-0.2, 0) is 4.79 Å². The SMILES string of the molecule is COc1cccc(C(=O)O)c1OCC(=O)N(C)C. The molecule has 98 valence electrons. The van der Waals surface area contributed by atoms with Crippen molar-refractivity contribution in [3.8, 4) is 11.5 Å². The highest BCUT2D eigenvalue weighted by Gasteiger charge is 2.17. The van der Waals surface area contributed by atoms with Crippen LogP contribution in [0.5, 0.6) is 11.5 Å². The molecule has 0 atom stereocenters. The van der Waals surface area contributed by atoms with Gasteiger partial charge in [0.05, 0.1) is 7.11 Å². The molecule has 6 heteroatoms. The van der Waals surface area contributed by atoms with E-state index in [2.05, 4.69) is 0 Å². The van der Waals surface area contributed by atoms with E-state index >= 15 is 0 Å². The zero-order valence-electron chi connectivity index (χ0n) is 10.5. The minimum Gasteiger partial charge on any atom is -0.493 e. The van der Waals surface area contributed by atoms with E-state index in [9.17, 15) is 9.59 Å². The van der Waals surface area contributed by atoms with Gasteiger partial charge in [0.2, 0.25) is 0 Å². The Bertz CT molecular complexity index is 456. The normalized spacial score (nSPS) is 9.72. The van der Waals surface area contributed by atoms with Crippen LogP contribution in [0.2, 0.25) is 0 Å². The number of aromatic carboxylic acids is 1. The highest BCUT2D eigenvalue weighted by Crippen LogP contribution is 2.31. The molecule has 1 aromatic carbocycles. The number of carbonyl (C=O) groups excluding carboxylic acids is 1. The van der Waals surface area contributed by atoms with Crippen molar-refractivity contribution in [3.63, 3.8) is 0 Å². The van der Waals surface area contributed by atoms with Crippen molar-refractivity contribution >= 4 is 11.9 Å². The quantitative estimate of drug-likeness (QED) is 0.842. The molecule has 0 spiro atoms. The number of hydrogen-bond acceptors (Lipinski definition) is 4. The molecular formula is C12H15NO5. The number of carbonyl (C=O) groups is 2. The van der Waals surface area contributed by atoms with E-state index in [0.717, 1.165) is 0 Å². The van der Waals surface area contributed by atoms with Gasteiger partial charge < -0.3 is 19.5 Å². The van der Waals surface area contributed by atoms with Gasteiger partial charge in [0.25, 0.3) is 5.91 Å². The number of carboxylic acids is 1. The Morgan fingerprint density at radius 3 is 2.50 bits per heavy atom. The van der Waals surface area contributed by atoms with Crippen LogP contribution < -0.4 is 9.47 Å². The highest BCUT2D eigenvalue weighted by molar-refractivity contribution is 5.92. The molecule has 18 heavy (non-hydrogen) atoms. The smallest absolute Gasteiger partial charge is 0.339 e. The number of para-hydroxylation sites is 1. The summed E-state index contributed by atoms with van der Waals surface area (Å²) < 4.78 is 10.3. The predicted molar refractivity (Wildman–Crippen MR) is 64.1 cm³/mol. The Kier molecular flexibility index (Phi) is 4.53. The summed E-state index contributed by atoms with van der Waals surface area (Å²) in [5.74, 6) is -1.07. The van der Waals surface area contributed by atoms with Crippen LogP contribution in [0.1, 0.15) is 10.4 Å². The van der Waals surface area contributed by atoms with Crippen LogP contribution in [0.4, 0.5) is 0 Å². The van der Waals surface area contributed by atoms with Crippen LogP contribution in [0, 0.1) is 0 Å². The molecule has 1 rings (SSSR count). The van der Waals surface area contributed by atoms with Gasteiger partial charge in [-0.1, -0.05) is 6.07 Å². The minimum atomic E-state index is -1.14. The summed E-state index contributed by atoms with van der Waals surface area (Å²) in [6, 6.07) is 4.51. The van der Waals surface area contributed by atoms with Gasteiger partial charge in [-0.25, -0.2) is 4.79 Å². The van der Waals surface area contributed by atoms with Gasteiger partial charge >= 0.3 is 5.97 Å². The fourth-order valence-electron chi connectivity index (χ4n) is 1.26. The second kappa shape index (κ2) is 5.90. The van der Waals surface area contributed by atoms with E-state index in [4.69, 9.17) is 14.6 Å². The zero-order chi connectivity index (χ0) is 13.7. The van der Waals surface area contributed by atoms with Gasteiger partial charge in [0.1, 0.15) is 5.56 Å². The molecule has 0 aliphatic heterocycles. The van der Waals surface area contributed by atoms with Gasteiger partial charge in [-0.2, -0.15) is 0 Å². The summed E-state index contributed by atoms with van der Waals surface area (Å²) in [5.41, 5.74) is -0.0408. The molecule has 6 nitrogen and oxygen atoms in total. The predicted octanol–water partition coefficient (Wildman–Crippen LogP) is 0.860. The molecule has 0 aromatic heterocycles. The number of carboxylic acid groups (broad SMARTS) is 1. The van der Waals surface area contributed by atoms with Gasteiger partial charge in [0.15, 0.2) is 18.1 Å². The van der Waals surface area contributed by atoms with Crippen LogP contribution in [0.25, 0.3) is 0 Å². The first-order valence-corrected chi connectivity index (χ1v) is 5.20.